The third-order valence-corrected chi connectivity index (χ3v) is 8.22. The van der Waals surface area contributed by atoms with E-state index in [4.69, 9.17) is 9.47 Å². The highest BCUT2D eigenvalue weighted by Gasteiger charge is 2.25. The molecule has 0 radical (unpaired) electrons. The van der Waals surface area contributed by atoms with Gasteiger partial charge in [0, 0.05) is 61.8 Å². The number of benzene rings is 6. The van der Waals surface area contributed by atoms with Gasteiger partial charge in [0.25, 0.3) is 0 Å². The summed E-state index contributed by atoms with van der Waals surface area (Å²) in [6.45, 7) is 5.20. The average molecular weight is 581 g/mol. The molecule has 0 aliphatic heterocycles. The molecular formula is C40H40N2O2. The van der Waals surface area contributed by atoms with Gasteiger partial charge in [-0.1, -0.05) is 72.8 Å². The van der Waals surface area contributed by atoms with Gasteiger partial charge in [-0.05, 0) is 82.9 Å². The monoisotopic (exact) mass is 580 g/mol. The molecule has 4 heteroatoms. The molecule has 0 spiro atoms. The van der Waals surface area contributed by atoms with Crippen LogP contribution in [-0.2, 0) is 0 Å². The van der Waals surface area contributed by atoms with Gasteiger partial charge < -0.3 is 19.3 Å². The van der Waals surface area contributed by atoms with Gasteiger partial charge >= 0.3 is 0 Å². The van der Waals surface area contributed by atoms with E-state index >= 15 is 0 Å². The van der Waals surface area contributed by atoms with Gasteiger partial charge in [0.15, 0.2) is 0 Å². The van der Waals surface area contributed by atoms with Crippen LogP contribution in [0.5, 0.6) is 11.5 Å². The number of hydrogen-bond donors (Lipinski definition) is 0. The van der Waals surface area contributed by atoms with Gasteiger partial charge in [-0.15, -0.1) is 0 Å². The van der Waals surface area contributed by atoms with Crippen molar-refractivity contribution in [2.75, 3.05) is 51.2 Å². The molecule has 0 heterocycles. The molecule has 0 aliphatic carbocycles. The number of anilines is 2. The Morgan fingerprint density at radius 3 is 1.18 bits per heavy atom. The zero-order valence-corrected chi connectivity index (χ0v) is 26.5. The van der Waals surface area contributed by atoms with Gasteiger partial charge in [0.05, 0.1) is 13.2 Å². The van der Waals surface area contributed by atoms with Gasteiger partial charge in [-0.3, -0.25) is 0 Å². The molecule has 0 saturated heterocycles. The molecule has 222 valence electrons. The molecule has 0 N–H and O–H groups in total. The minimum Gasteiger partial charge on any atom is -0.493 e. The van der Waals surface area contributed by atoms with Crippen LogP contribution in [0, 0.1) is 0 Å². The topological polar surface area (TPSA) is 24.9 Å². The Morgan fingerprint density at radius 2 is 0.841 bits per heavy atom. The first-order valence-corrected chi connectivity index (χ1v) is 15.3. The summed E-state index contributed by atoms with van der Waals surface area (Å²) >= 11 is 0. The molecule has 6 rings (SSSR count). The lowest BCUT2D eigenvalue weighted by Gasteiger charge is -2.24. The zero-order chi connectivity index (χ0) is 30.8. The van der Waals surface area contributed by atoms with Crippen molar-refractivity contribution in [3.63, 3.8) is 0 Å². The van der Waals surface area contributed by atoms with Crippen molar-refractivity contribution in [3.8, 4) is 44.9 Å². The Bertz CT molecular complexity index is 1780. The van der Waals surface area contributed by atoms with Crippen molar-refractivity contribution in [1.82, 2.24) is 0 Å². The molecule has 0 amide bonds. The van der Waals surface area contributed by atoms with Crippen LogP contribution >= 0.6 is 0 Å². The fourth-order valence-electron chi connectivity index (χ4n) is 6.05. The van der Waals surface area contributed by atoms with Crippen LogP contribution in [0.4, 0.5) is 11.4 Å². The number of rotatable bonds is 9. The fraction of sp³-hybridized carbons (Fsp3) is 0.200. The van der Waals surface area contributed by atoms with E-state index < -0.39 is 0 Å². The summed E-state index contributed by atoms with van der Waals surface area (Å²) in [6.07, 6.45) is 0. The smallest absolute Gasteiger partial charge is 0.135 e. The van der Waals surface area contributed by atoms with Crippen LogP contribution in [0.15, 0.2) is 109 Å². The number of nitrogens with zero attached hydrogens (tertiary/aromatic N) is 2. The maximum absolute atomic E-state index is 6.66. The molecule has 0 aliphatic rings. The van der Waals surface area contributed by atoms with Crippen molar-refractivity contribution < 1.29 is 9.47 Å². The van der Waals surface area contributed by atoms with E-state index in [-0.39, 0.29) is 0 Å². The molecule has 0 bridgehead atoms. The molecule has 0 atom stereocenters. The van der Waals surface area contributed by atoms with E-state index in [1.54, 1.807) is 0 Å². The Morgan fingerprint density at radius 1 is 0.477 bits per heavy atom. The summed E-state index contributed by atoms with van der Waals surface area (Å²) in [6, 6.07) is 39.2. The van der Waals surface area contributed by atoms with Crippen molar-refractivity contribution in [1.29, 1.82) is 0 Å². The quantitative estimate of drug-likeness (QED) is 0.170. The standard InChI is InChI=1S/C40H40N2O2/c1-7-43-39-35(27-17-21-31(22-18-27)41(3)4)25-29-13-9-11-15-33(29)37(39)38-34-16-12-10-14-30(34)26-36(40(38)44-8-2)28-19-23-32(24-20-28)42(5)6/h9-26H,7-8H2,1-6H3. The molecule has 0 fully saturated rings. The third kappa shape index (κ3) is 5.33. The molecule has 6 aromatic rings. The molecule has 0 aromatic heterocycles. The summed E-state index contributed by atoms with van der Waals surface area (Å²) in [5, 5.41) is 4.58. The first-order valence-electron chi connectivity index (χ1n) is 15.3. The zero-order valence-electron chi connectivity index (χ0n) is 26.5. The first kappa shape index (κ1) is 29.1. The lowest BCUT2D eigenvalue weighted by Crippen LogP contribution is -2.08. The Kier molecular flexibility index (Phi) is 8.17. The van der Waals surface area contributed by atoms with Crippen LogP contribution < -0.4 is 19.3 Å². The lowest BCUT2D eigenvalue weighted by atomic mass is 9.86. The SMILES string of the molecule is CCOc1c(-c2ccc(N(C)C)cc2)cc2ccccc2c1-c1c(OCC)c(-c2ccc(N(C)C)cc2)cc2ccccc12. The van der Waals surface area contributed by atoms with Crippen LogP contribution in [0.25, 0.3) is 54.9 Å². The summed E-state index contributed by atoms with van der Waals surface area (Å²) in [5.74, 6) is 1.74. The van der Waals surface area contributed by atoms with Crippen molar-refractivity contribution >= 4 is 32.9 Å². The predicted molar refractivity (Wildman–Crippen MR) is 189 cm³/mol. The largest absolute Gasteiger partial charge is 0.493 e. The lowest BCUT2D eigenvalue weighted by molar-refractivity contribution is 0.338. The average Bonchev–Trinajstić information content (AvgIpc) is 3.05. The Labute approximate surface area is 261 Å². The first-order chi connectivity index (χ1) is 21.4. The summed E-state index contributed by atoms with van der Waals surface area (Å²) in [5.41, 5.74) is 8.80. The van der Waals surface area contributed by atoms with Crippen molar-refractivity contribution in [3.05, 3.63) is 109 Å². The maximum atomic E-state index is 6.66. The van der Waals surface area contributed by atoms with E-state index in [1.807, 2.05) is 0 Å². The van der Waals surface area contributed by atoms with Gasteiger partial charge in [-0.2, -0.15) is 0 Å². The van der Waals surface area contributed by atoms with Crippen LogP contribution in [0.2, 0.25) is 0 Å². The Hall–Kier alpha value is -4.96. The predicted octanol–water partition coefficient (Wildman–Crippen LogP) is 9.92. The number of hydrogen-bond acceptors (Lipinski definition) is 4. The highest BCUT2D eigenvalue weighted by Crippen LogP contribution is 2.52. The maximum Gasteiger partial charge on any atom is 0.135 e. The highest BCUT2D eigenvalue weighted by molar-refractivity contribution is 6.14. The molecule has 6 aromatic carbocycles. The minimum absolute atomic E-state index is 0.543. The van der Waals surface area contributed by atoms with E-state index in [0.29, 0.717) is 13.2 Å². The second kappa shape index (κ2) is 12.3. The summed E-state index contributed by atoms with van der Waals surface area (Å²) < 4.78 is 13.3. The van der Waals surface area contributed by atoms with E-state index in [2.05, 4.69) is 161 Å². The fourth-order valence-corrected chi connectivity index (χ4v) is 6.05. The molecule has 4 nitrogen and oxygen atoms in total. The molecular weight excluding hydrogens is 540 g/mol. The second-order valence-corrected chi connectivity index (χ2v) is 11.4. The van der Waals surface area contributed by atoms with Crippen molar-refractivity contribution in [2.24, 2.45) is 0 Å². The number of ether oxygens (including phenoxy) is 2. The summed E-state index contributed by atoms with van der Waals surface area (Å²) in [7, 11) is 8.26. The second-order valence-electron chi connectivity index (χ2n) is 11.4. The minimum atomic E-state index is 0.543. The highest BCUT2D eigenvalue weighted by atomic mass is 16.5. The van der Waals surface area contributed by atoms with E-state index in [0.717, 1.165) is 77.8 Å². The van der Waals surface area contributed by atoms with Crippen LogP contribution in [0.1, 0.15) is 13.8 Å². The van der Waals surface area contributed by atoms with E-state index in [1.165, 1.54) is 0 Å². The van der Waals surface area contributed by atoms with Crippen LogP contribution in [-0.4, -0.2) is 41.4 Å². The normalized spacial score (nSPS) is 11.1. The third-order valence-electron chi connectivity index (χ3n) is 8.22. The molecule has 44 heavy (non-hydrogen) atoms. The van der Waals surface area contributed by atoms with Gasteiger partial charge in [0.2, 0.25) is 0 Å². The van der Waals surface area contributed by atoms with E-state index in [9.17, 15) is 0 Å². The van der Waals surface area contributed by atoms with Gasteiger partial charge in [-0.25, -0.2) is 0 Å². The van der Waals surface area contributed by atoms with Crippen molar-refractivity contribution in [2.45, 2.75) is 13.8 Å². The van der Waals surface area contributed by atoms with Crippen LogP contribution in [0.3, 0.4) is 0 Å². The molecule has 0 saturated carbocycles. The van der Waals surface area contributed by atoms with Gasteiger partial charge in [0.1, 0.15) is 11.5 Å². The molecule has 0 unspecified atom stereocenters. The summed E-state index contributed by atoms with van der Waals surface area (Å²) in [4.78, 5) is 4.24. The number of fused-ring (bicyclic) bond motifs is 2. The Balaban J connectivity index is 1.74.